The van der Waals surface area contributed by atoms with Crippen molar-refractivity contribution in [3.05, 3.63) is 35.9 Å². The minimum absolute atomic E-state index is 0.0392. The summed E-state index contributed by atoms with van der Waals surface area (Å²) in [6.07, 6.45) is -0.790. The lowest BCUT2D eigenvalue weighted by Gasteiger charge is -2.26. The third-order valence-corrected chi connectivity index (χ3v) is 4.01. The maximum Gasteiger partial charge on any atom is 0.223 e. The minimum Gasteiger partial charge on any atom is -0.389 e. The van der Waals surface area contributed by atoms with Crippen LogP contribution >= 0.6 is 0 Å². The largest absolute Gasteiger partial charge is 0.389 e. The summed E-state index contributed by atoms with van der Waals surface area (Å²) in [6.45, 7) is 10.3. The Kier molecular flexibility index (Phi) is 7.04. The number of hydrogen-bond acceptors (Lipinski definition) is 3. The highest BCUT2D eigenvalue weighted by atomic mass is 16.5. The monoisotopic (exact) mass is 307 g/mol. The molecule has 0 heterocycles. The van der Waals surface area contributed by atoms with Gasteiger partial charge in [0.15, 0.2) is 0 Å². The van der Waals surface area contributed by atoms with Crippen LogP contribution in [0, 0.1) is 11.3 Å². The molecular formula is C18H29NO3. The highest BCUT2D eigenvalue weighted by molar-refractivity contribution is 5.78. The van der Waals surface area contributed by atoms with Gasteiger partial charge in [0.2, 0.25) is 5.91 Å². The highest BCUT2D eigenvalue weighted by Crippen LogP contribution is 2.25. The van der Waals surface area contributed by atoms with Gasteiger partial charge in [0.05, 0.1) is 18.8 Å². The summed E-state index contributed by atoms with van der Waals surface area (Å²) in [5.74, 6) is -0.147. The first-order chi connectivity index (χ1) is 10.2. The van der Waals surface area contributed by atoms with E-state index in [1.54, 1.807) is 0 Å². The predicted octanol–water partition coefficient (Wildman–Crippen LogP) is 2.92. The first-order valence-electron chi connectivity index (χ1n) is 7.84. The molecule has 0 saturated heterocycles. The first kappa shape index (κ1) is 18.7. The molecular weight excluding hydrogens is 278 g/mol. The highest BCUT2D eigenvalue weighted by Gasteiger charge is 2.26. The van der Waals surface area contributed by atoms with Gasteiger partial charge in [-0.25, -0.2) is 0 Å². The van der Waals surface area contributed by atoms with Gasteiger partial charge in [-0.3, -0.25) is 4.79 Å². The molecule has 0 aliphatic carbocycles. The van der Waals surface area contributed by atoms with Gasteiger partial charge >= 0.3 is 0 Å². The Morgan fingerprint density at radius 1 is 1.23 bits per heavy atom. The van der Waals surface area contributed by atoms with Crippen molar-refractivity contribution < 1.29 is 14.6 Å². The molecule has 1 aromatic rings. The molecule has 0 aliphatic rings. The second-order valence-electron chi connectivity index (χ2n) is 6.87. The number of nitrogens with one attached hydrogen (secondary N) is 1. The van der Waals surface area contributed by atoms with Gasteiger partial charge < -0.3 is 15.2 Å². The van der Waals surface area contributed by atoms with Crippen molar-refractivity contribution in [1.29, 1.82) is 0 Å². The van der Waals surface area contributed by atoms with E-state index < -0.39 is 6.10 Å². The van der Waals surface area contributed by atoms with Gasteiger partial charge in [-0.1, -0.05) is 58.0 Å². The molecule has 2 N–H and O–H groups in total. The normalized spacial score (nSPS) is 15.9. The van der Waals surface area contributed by atoms with E-state index >= 15 is 0 Å². The Morgan fingerprint density at radius 3 is 2.36 bits per heavy atom. The van der Waals surface area contributed by atoms with Crippen molar-refractivity contribution >= 4 is 5.91 Å². The van der Waals surface area contributed by atoms with Crippen LogP contribution < -0.4 is 5.32 Å². The molecule has 22 heavy (non-hydrogen) atoms. The molecule has 1 aromatic carbocycles. The molecule has 4 nitrogen and oxygen atoms in total. The van der Waals surface area contributed by atoms with Crippen LogP contribution in [0.4, 0.5) is 0 Å². The molecule has 0 bridgehead atoms. The number of carbonyl (C=O) groups is 1. The Hall–Kier alpha value is -1.39. The molecule has 1 rings (SSSR count). The zero-order valence-corrected chi connectivity index (χ0v) is 14.3. The van der Waals surface area contributed by atoms with Gasteiger partial charge in [-0.05, 0) is 17.9 Å². The van der Waals surface area contributed by atoms with Crippen molar-refractivity contribution in [1.82, 2.24) is 5.32 Å². The first-order valence-corrected chi connectivity index (χ1v) is 7.84. The quantitative estimate of drug-likeness (QED) is 0.814. The number of aliphatic hydroxyl groups excluding tert-OH is 1. The van der Waals surface area contributed by atoms with Crippen molar-refractivity contribution in [2.45, 2.75) is 46.8 Å². The molecule has 0 unspecified atom stereocenters. The van der Waals surface area contributed by atoms with Crippen molar-refractivity contribution in [2.75, 3.05) is 13.2 Å². The number of amides is 1. The predicted molar refractivity (Wildman–Crippen MR) is 88.4 cm³/mol. The van der Waals surface area contributed by atoms with Crippen molar-refractivity contribution in [3.8, 4) is 0 Å². The third kappa shape index (κ3) is 6.16. The van der Waals surface area contributed by atoms with Gasteiger partial charge in [-0.2, -0.15) is 0 Å². The number of hydrogen-bond donors (Lipinski definition) is 2. The zero-order valence-electron chi connectivity index (χ0n) is 14.3. The van der Waals surface area contributed by atoms with Gasteiger partial charge in [0.1, 0.15) is 0 Å². The number of carbonyl (C=O) groups excluding carboxylic acids is 1. The molecule has 0 fully saturated rings. The van der Waals surface area contributed by atoms with Crippen LogP contribution in [-0.2, 0) is 9.53 Å². The van der Waals surface area contributed by atoms with Crippen LogP contribution in [0.15, 0.2) is 30.3 Å². The molecule has 0 aliphatic heterocycles. The molecule has 3 atom stereocenters. The Labute approximate surface area is 133 Å². The van der Waals surface area contributed by atoms with Gasteiger partial charge in [0.25, 0.3) is 0 Å². The SMILES string of the molecule is C[C@H](OC[C@H](O)CNC(=O)[C@H](C)C(C)(C)C)c1ccccc1. The maximum absolute atomic E-state index is 12.0. The van der Waals surface area contributed by atoms with E-state index in [-0.39, 0.29) is 36.5 Å². The van der Waals surface area contributed by atoms with Gasteiger partial charge in [0, 0.05) is 12.5 Å². The Balaban J connectivity index is 2.32. The Morgan fingerprint density at radius 2 is 1.82 bits per heavy atom. The minimum atomic E-state index is -0.706. The average molecular weight is 307 g/mol. The van der Waals surface area contributed by atoms with Crippen LogP contribution in [0.3, 0.4) is 0 Å². The third-order valence-electron chi connectivity index (χ3n) is 4.01. The van der Waals surface area contributed by atoms with E-state index in [1.165, 1.54) is 0 Å². The molecule has 0 aromatic heterocycles. The van der Waals surface area contributed by atoms with E-state index in [2.05, 4.69) is 5.32 Å². The fourth-order valence-electron chi connectivity index (χ4n) is 1.90. The topological polar surface area (TPSA) is 58.6 Å². The molecule has 0 spiro atoms. The maximum atomic E-state index is 12.0. The van der Waals surface area contributed by atoms with E-state index in [4.69, 9.17) is 4.74 Å². The van der Waals surface area contributed by atoms with E-state index in [1.807, 2.05) is 65.0 Å². The lowest BCUT2D eigenvalue weighted by Crippen LogP contribution is -2.41. The average Bonchev–Trinajstić information content (AvgIpc) is 2.49. The summed E-state index contributed by atoms with van der Waals surface area (Å²) < 4.78 is 5.65. The summed E-state index contributed by atoms with van der Waals surface area (Å²) in [5.41, 5.74) is 0.980. The van der Waals surface area contributed by atoms with Crippen LogP contribution in [-0.4, -0.2) is 30.3 Å². The van der Waals surface area contributed by atoms with E-state index in [9.17, 15) is 9.90 Å². The van der Waals surface area contributed by atoms with Crippen LogP contribution in [0.5, 0.6) is 0 Å². The fourth-order valence-corrected chi connectivity index (χ4v) is 1.90. The van der Waals surface area contributed by atoms with Gasteiger partial charge in [-0.15, -0.1) is 0 Å². The lowest BCUT2D eigenvalue weighted by atomic mass is 9.81. The lowest BCUT2D eigenvalue weighted by molar-refractivity contribution is -0.128. The smallest absolute Gasteiger partial charge is 0.223 e. The zero-order chi connectivity index (χ0) is 16.8. The molecule has 124 valence electrons. The summed E-state index contributed by atoms with van der Waals surface area (Å²) >= 11 is 0. The fraction of sp³-hybridized carbons (Fsp3) is 0.611. The molecule has 4 heteroatoms. The second-order valence-corrected chi connectivity index (χ2v) is 6.87. The van der Waals surface area contributed by atoms with Crippen molar-refractivity contribution in [2.24, 2.45) is 11.3 Å². The number of benzene rings is 1. The molecule has 0 saturated carbocycles. The van der Waals surface area contributed by atoms with Crippen LogP contribution in [0.25, 0.3) is 0 Å². The summed E-state index contributed by atoms with van der Waals surface area (Å²) in [5, 5.41) is 12.7. The van der Waals surface area contributed by atoms with E-state index in [0.717, 1.165) is 5.56 Å². The Bertz CT molecular complexity index is 453. The number of aliphatic hydroxyl groups is 1. The molecule has 0 radical (unpaired) electrons. The van der Waals surface area contributed by atoms with Crippen LogP contribution in [0.1, 0.15) is 46.3 Å². The summed E-state index contributed by atoms with van der Waals surface area (Å²) in [6, 6.07) is 9.85. The van der Waals surface area contributed by atoms with Crippen LogP contribution in [0.2, 0.25) is 0 Å². The van der Waals surface area contributed by atoms with Crippen molar-refractivity contribution in [3.63, 3.8) is 0 Å². The molecule has 1 amide bonds. The summed E-state index contributed by atoms with van der Waals surface area (Å²) in [7, 11) is 0. The standard InChI is InChI=1S/C18H29NO3/c1-13(18(3,4)5)17(21)19-11-16(20)12-22-14(2)15-9-7-6-8-10-15/h6-10,13-14,16,20H,11-12H2,1-5H3,(H,19,21)/t13-,14-,16+/m0/s1. The van der Waals surface area contributed by atoms with E-state index in [0.29, 0.717) is 0 Å². The summed E-state index contributed by atoms with van der Waals surface area (Å²) in [4.78, 5) is 12.0. The number of rotatable bonds is 7. The number of ether oxygens (including phenoxy) is 1. The second kappa shape index (κ2) is 8.30.